The number of hydrogen-bond donors (Lipinski definition) is 3. The molecule has 0 aliphatic carbocycles. The Labute approximate surface area is 133 Å². The van der Waals surface area contributed by atoms with E-state index < -0.39 is 0 Å². The molecule has 0 spiro atoms. The van der Waals surface area contributed by atoms with Crippen LogP contribution in [0.15, 0.2) is 39.4 Å². The third kappa shape index (κ3) is 3.36. The minimum absolute atomic E-state index is 0.295. The van der Waals surface area contributed by atoms with Crippen molar-refractivity contribution in [2.45, 2.75) is 6.92 Å². The number of amides is 1. The Kier molecular flexibility index (Phi) is 4.74. The number of hydrogen-bond acceptors (Lipinski definition) is 4. The van der Waals surface area contributed by atoms with Crippen LogP contribution in [0.4, 0.5) is 11.5 Å². The number of pyridine rings is 1. The molecule has 1 aromatic heterocycles. The van der Waals surface area contributed by atoms with E-state index in [0.29, 0.717) is 21.5 Å². The number of nitrogens with one attached hydrogen (secondary N) is 2. The fourth-order valence-corrected chi connectivity index (χ4v) is 2.56. The lowest BCUT2D eigenvalue weighted by molar-refractivity contribution is 0.102. The summed E-state index contributed by atoms with van der Waals surface area (Å²) in [5.41, 5.74) is 4.55. The molecule has 5 nitrogen and oxygen atoms in total. The second kappa shape index (κ2) is 6.34. The number of aryl methyl sites for hydroxylation is 1. The minimum Gasteiger partial charge on any atom is -0.321 e. The lowest BCUT2D eigenvalue weighted by Gasteiger charge is -2.11. The molecule has 1 aromatic carbocycles. The maximum absolute atomic E-state index is 12.3. The molecule has 0 bridgehead atoms. The number of nitrogens with zero attached hydrogens (tertiary/aromatic N) is 1. The number of aromatic nitrogens is 1. The van der Waals surface area contributed by atoms with Gasteiger partial charge < -0.3 is 10.7 Å². The quantitative estimate of drug-likeness (QED) is 0.545. The zero-order valence-electron chi connectivity index (χ0n) is 10.6. The Morgan fingerprint density at radius 3 is 2.70 bits per heavy atom. The van der Waals surface area contributed by atoms with Crippen molar-refractivity contribution in [3.05, 3.63) is 50.5 Å². The Hall–Kier alpha value is -1.44. The maximum Gasteiger partial charge on any atom is 0.259 e. The van der Waals surface area contributed by atoms with Crippen molar-refractivity contribution < 1.29 is 4.79 Å². The number of rotatable bonds is 3. The average molecular weight is 400 g/mol. The van der Waals surface area contributed by atoms with Gasteiger partial charge in [0.2, 0.25) is 0 Å². The number of carbonyl (C=O) groups is 1. The van der Waals surface area contributed by atoms with E-state index in [1.165, 1.54) is 0 Å². The van der Waals surface area contributed by atoms with Crippen molar-refractivity contribution in [1.82, 2.24) is 4.98 Å². The number of nitrogens with two attached hydrogens (primary N) is 1. The summed E-state index contributed by atoms with van der Waals surface area (Å²) in [7, 11) is 0. The number of benzene rings is 1. The van der Waals surface area contributed by atoms with Crippen molar-refractivity contribution in [3.8, 4) is 0 Å². The van der Waals surface area contributed by atoms with Crippen molar-refractivity contribution in [3.63, 3.8) is 0 Å². The van der Waals surface area contributed by atoms with Crippen LogP contribution in [-0.2, 0) is 0 Å². The van der Waals surface area contributed by atoms with Gasteiger partial charge in [-0.15, -0.1) is 0 Å². The molecule has 7 heteroatoms. The average Bonchev–Trinajstić information content (AvgIpc) is 2.41. The van der Waals surface area contributed by atoms with Gasteiger partial charge in [0.05, 0.1) is 11.3 Å². The monoisotopic (exact) mass is 398 g/mol. The van der Waals surface area contributed by atoms with Gasteiger partial charge in [-0.2, -0.15) is 0 Å². The third-order valence-corrected chi connectivity index (χ3v) is 3.70. The van der Waals surface area contributed by atoms with Crippen molar-refractivity contribution in [2.75, 3.05) is 10.7 Å². The van der Waals surface area contributed by atoms with Crippen LogP contribution in [0.3, 0.4) is 0 Å². The summed E-state index contributed by atoms with van der Waals surface area (Å²) >= 11 is 6.70. The van der Waals surface area contributed by atoms with Gasteiger partial charge in [-0.3, -0.25) is 4.79 Å². The predicted octanol–water partition coefficient (Wildman–Crippen LogP) is 3.45. The Morgan fingerprint density at radius 2 is 2.05 bits per heavy atom. The maximum atomic E-state index is 12.3. The largest absolute Gasteiger partial charge is 0.321 e. The molecule has 0 saturated heterocycles. The van der Waals surface area contributed by atoms with Crippen LogP contribution < -0.4 is 16.6 Å². The van der Waals surface area contributed by atoms with Gasteiger partial charge in [-0.25, -0.2) is 10.8 Å². The Bertz CT molecular complexity index is 661. The van der Waals surface area contributed by atoms with Crippen LogP contribution in [-0.4, -0.2) is 10.9 Å². The zero-order valence-corrected chi connectivity index (χ0v) is 13.7. The lowest BCUT2D eigenvalue weighted by atomic mass is 10.2. The molecule has 0 aliphatic rings. The summed E-state index contributed by atoms with van der Waals surface area (Å²) in [4.78, 5) is 16.3. The molecule has 0 unspecified atom stereocenters. The number of nitrogen functional groups attached to an aromatic ring is 1. The molecule has 20 heavy (non-hydrogen) atoms. The number of anilines is 2. The van der Waals surface area contributed by atoms with Crippen molar-refractivity contribution >= 4 is 49.3 Å². The van der Waals surface area contributed by atoms with Gasteiger partial charge in [-0.1, -0.05) is 6.07 Å². The molecule has 4 N–H and O–H groups in total. The molecule has 0 aliphatic heterocycles. The van der Waals surface area contributed by atoms with Crippen LogP contribution in [0, 0.1) is 6.92 Å². The highest BCUT2D eigenvalue weighted by Crippen LogP contribution is 2.25. The first-order valence-electron chi connectivity index (χ1n) is 5.71. The first kappa shape index (κ1) is 15.0. The van der Waals surface area contributed by atoms with Gasteiger partial charge in [0.1, 0.15) is 0 Å². The van der Waals surface area contributed by atoms with Gasteiger partial charge in [0.15, 0.2) is 5.82 Å². The highest BCUT2D eigenvalue weighted by atomic mass is 79.9. The van der Waals surface area contributed by atoms with Crippen LogP contribution in [0.2, 0.25) is 0 Å². The van der Waals surface area contributed by atoms with E-state index in [-0.39, 0.29) is 5.91 Å². The van der Waals surface area contributed by atoms with E-state index in [9.17, 15) is 4.79 Å². The molecule has 0 saturated carbocycles. The molecular formula is C13H12Br2N4O. The predicted molar refractivity (Wildman–Crippen MR) is 86.6 cm³/mol. The number of halogens is 2. The van der Waals surface area contributed by atoms with Crippen molar-refractivity contribution in [1.29, 1.82) is 0 Å². The molecule has 1 heterocycles. The molecule has 104 valence electrons. The van der Waals surface area contributed by atoms with Gasteiger partial charge in [0.25, 0.3) is 5.91 Å². The second-order valence-corrected chi connectivity index (χ2v) is 5.90. The molecule has 0 atom stereocenters. The summed E-state index contributed by atoms with van der Waals surface area (Å²) in [5.74, 6) is 5.38. The fraction of sp³-hybridized carbons (Fsp3) is 0.0769. The second-order valence-electron chi connectivity index (χ2n) is 4.13. The summed E-state index contributed by atoms with van der Waals surface area (Å²) in [5, 5.41) is 2.81. The first-order valence-corrected chi connectivity index (χ1v) is 7.29. The number of hydrazine groups is 1. The van der Waals surface area contributed by atoms with Gasteiger partial charge in [0, 0.05) is 15.1 Å². The molecule has 0 fully saturated rings. The van der Waals surface area contributed by atoms with E-state index in [4.69, 9.17) is 5.84 Å². The van der Waals surface area contributed by atoms with E-state index in [1.54, 1.807) is 12.3 Å². The zero-order chi connectivity index (χ0) is 14.7. The van der Waals surface area contributed by atoms with E-state index in [1.807, 2.05) is 25.1 Å². The summed E-state index contributed by atoms with van der Waals surface area (Å²) in [6.07, 6.45) is 1.56. The summed E-state index contributed by atoms with van der Waals surface area (Å²) in [6, 6.07) is 7.33. The minimum atomic E-state index is -0.295. The van der Waals surface area contributed by atoms with E-state index >= 15 is 0 Å². The molecule has 2 rings (SSSR count). The van der Waals surface area contributed by atoms with Crippen LogP contribution in [0.1, 0.15) is 15.9 Å². The first-order chi connectivity index (χ1) is 9.51. The molecule has 0 radical (unpaired) electrons. The molecule has 2 aromatic rings. The van der Waals surface area contributed by atoms with E-state index in [2.05, 4.69) is 47.6 Å². The summed E-state index contributed by atoms with van der Waals surface area (Å²) < 4.78 is 1.51. The third-order valence-electron chi connectivity index (χ3n) is 2.61. The van der Waals surface area contributed by atoms with Crippen molar-refractivity contribution in [2.24, 2.45) is 5.84 Å². The topological polar surface area (TPSA) is 80.0 Å². The highest BCUT2D eigenvalue weighted by Gasteiger charge is 2.14. The Morgan fingerprint density at radius 1 is 1.30 bits per heavy atom. The van der Waals surface area contributed by atoms with Crippen LogP contribution in [0.25, 0.3) is 0 Å². The molecule has 1 amide bonds. The molecular weight excluding hydrogens is 388 g/mol. The smallest absolute Gasteiger partial charge is 0.259 e. The normalized spacial score (nSPS) is 10.2. The SMILES string of the molecule is Cc1ccc(NC(=O)c2cc(Br)cnc2NN)c(Br)c1. The Balaban J connectivity index is 2.30. The van der Waals surface area contributed by atoms with Crippen LogP contribution >= 0.6 is 31.9 Å². The van der Waals surface area contributed by atoms with Gasteiger partial charge in [-0.05, 0) is 62.5 Å². The lowest BCUT2D eigenvalue weighted by Crippen LogP contribution is -2.18. The van der Waals surface area contributed by atoms with E-state index in [0.717, 1.165) is 10.0 Å². The highest BCUT2D eigenvalue weighted by molar-refractivity contribution is 9.10. The number of carbonyl (C=O) groups excluding carboxylic acids is 1. The van der Waals surface area contributed by atoms with Gasteiger partial charge >= 0.3 is 0 Å². The summed E-state index contributed by atoms with van der Waals surface area (Å²) in [6.45, 7) is 1.98. The standard InChI is InChI=1S/C13H12Br2N4O/c1-7-2-3-11(10(15)4-7)18-13(20)9-5-8(14)6-17-12(9)19-16/h2-6H,16H2,1H3,(H,17,19)(H,18,20). The fourth-order valence-electron chi connectivity index (χ4n) is 1.64. The van der Waals surface area contributed by atoms with Crippen LogP contribution in [0.5, 0.6) is 0 Å².